The van der Waals surface area contributed by atoms with Gasteiger partial charge in [-0.2, -0.15) is 5.26 Å². The Balaban J connectivity index is 1.70. The summed E-state index contributed by atoms with van der Waals surface area (Å²) in [5, 5.41) is 22.1. The fourth-order valence-corrected chi connectivity index (χ4v) is 3.24. The van der Waals surface area contributed by atoms with E-state index in [4.69, 9.17) is 5.26 Å². The maximum absolute atomic E-state index is 12.7. The van der Waals surface area contributed by atoms with E-state index in [0.29, 0.717) is 24.2 Å². The first-order valence-electron chi connectivity index (χ1n) is 8.91. The number of aliphatic hydroxyl groups excluding tert-OH is 1. The third kappa shape index (κ3) is 4.22. The van der Waals surface area contributed by atoms with Gasteiger partial charge in [0.25, 0.3) is 5.91 Å². The second-order valence-corrected chi connectivity index (χ2v) is 6.73. The lowest BCUT2D eigenvalue weighted by Crippen LogP contribution is -2.42. The second kappa shape index (κ2) is 8.03. The maximum atomic E-state index is 12.7. The van der Waals surface area contributed by atoms with Crippen LogP contribution in [0.25, 0.3) is 0 Å². The Labute approximate surface area is 153 Å². The number of rotatable bonds is 4. The van der Waals surface area contributed by atoms with Crippen molar-refractivity contribution in [3.8, 4) is 6.07 Å². The number of likely N-dealkylation sites (tertiary alicyclic amines) is 1. The minimum atomic E-state index is -0.426. The van der Waals surface area contributed by atoms with Crippen LogP contribution in [-0.4, -0.2) is 35.1 Å². The number of carbonyl (C=O) groups is 1. The van der Waals surface area contributed by atoms with Crippen molar-refractivity contribution in [1.29, 1.82) is 5.26 Å². The molecular weight excluding hydrogens is 326 g/mol. The molecule has 26 heavy (non-hydrogen) atoms. The molecule has 5 heteroatoms. The van der Waals surface area contributed by atoms with E-state index in [-0.39, 0.29) is 11.9 Å². The molecule has 0 radical (unpaired) electrons. The molecule has 1 aliphatic heterocycles. The Kier molecular flexibility index (Phi) is 5.55. The molecule has 1 amide bonds. The second-order valence-electron chi connectivity index (χ2n) is 6.73. The Morgan fingerprint density at radius 1 is 1.31 bits per heavy atom. The summed E-state index contributed by atoms with van der Waals surface area (Å²) in [6.07, 6.45) is 1.17. The number of hydrogen-bond donors (Lipinski definition) is 2. The van der Waals surface area contributed by atoms with Gasteiger partial charge in [-0.3, -0.25) is 4.79 Å². The summed E-state index contributed by atoms with van der Waals surface area (Å²) in [7, 11) is 0. The van der Waals surface area contributed by atoms with E-state index in [1.807, 2.05) is 37.3 Å². The number of nitrogens with one attached hydrogen (secondary N) is 1. The van der Waals surface area contributed by atoms with Gasteiger partial charge in [0.2, 0.25) is 0 Å². The van der Waals surface area contributed by atoms with Gasteiger partial charge in [0.15, 0.2) is 0 Å². The normalized spacial score (nSPS) is 18.0. The van der Waals surface area contributed by atoms with Crippen molar-refractivity contribution in [2.45, 2.75) is 31.9 Å². The zero-order valence-corrected chi connectivity index (χ0v) is 14.9. The van der Waals surface area contributed by atoms with Gasteiger partial charge in [0.05, 0.1) is 17.7 Å². The third-order valence-electron chi connectivity index (χ3n) is 4.72. The largest absolute Gasteiger partial charge is 0.391 e. The minimum Gasteiger partial charge on any atom is -0.391 e. The van der Waals surface area contributed by atoms with Gasteiger partial charge in [-0.05, 0) is 55.7 Å². The van der Waals surface area contributed by atoms with E-state index in [1.165, 1.54) is 0 Å². The molecule has 1 saturated heterocycles. The Hall–Kier alpha value is -2.84. The van der Waals surface area contributed by atoms with Crippen molar-refractivity contribution in [3.63, 3.8) is 0 Å². The van der Waals surface area contributed by atoms with Crippen molar-refractivity contribution < 1.29 is 9.90 Å². The number of piperidine rings is 1. The first-order valence-corrected chi connectivity index (χ1v) is 8.91. The van der Waals surface area contributed by atoms with E-state index in [1.54, 1.807) is 23.1 Å². The van der Waals surface area contributed by atoms with E-state index in [0.717, 1.165) is 24.1 Å². The molecule has 2 N–H and O–H groups in total. The van der Waals surface area contributed by atoms with E-state index in [9.17, 15) is 9.90 Å². The number of carbonyl (C=O) groups excluding carboxylic acids is 1. The number of β-amino-alcohol motifs (C(OH)–C–C–N with tert-alkyl or cyclic N) is 1. The van der Waals surface area contributed by atoms with Crippen molar-refractivity contribution in [2.24, 2.45) is 0 Å². The summed E-state index contributed by atoms with van der Waals surface area (Å²) in [6, 6.07) is 17.1. The zero-order valence-electron chi connectivity index (χ0n) is 14.9. The van der Waals surface area contributed by atoms with Crippen LogP contribution in [0.5, 0.6) is 0 Å². The molecule has 0 saturated carbocycles. The summed E-state index contributed by atoms with van der Waals surface area (Å²) in [5.41, 5.74) is 3.19. The van der Waals surface area contributed by atoms with Gasteiger partial charge in [-0.1, -0.05) is 18.2 Å². The first kappa shape index (κ1) is 18.0. The Morgan fingerprint density at radius 3 is 2.77 bits per heavy atom. The van der Waals surface area contributed by atoms with Crippen molar-refractivity contribution in [2.75, 3.05) is 18.4 Å². The molecule has 2 aromatic carbocycles. The summed E-state index contributed by atoms with van der Waals surface area (Å²) >= 11 is 0. The fourth-order valence-electron chi connectivity index (χ4n) is 3.24. The summed E-state index contributed by atoms with van der Waals surface area (Å²) in [4.78, 5) is 14.4. The molecule has 0 bridgehead atoms. The van der Waals surface area contributed by atoms with Crippen LogP contribution < -0.4 is 5.32 Å². The zero-order chi connectivity index (χ0) is 18.5. The number of aliphatic hydroxyl groups is 1. The predicted octanol–water partition coefficient (Wildman–Crippen LogP) is 3.33. The van der Waals surface area contributed by atoms with Crippen LogP contribution in [0.3, 0.4) is 0 Å². The van der Waals surface area contributed by atoms with Gasteiger partial charge in [-0.15, -0.1) is 0 Å². The highest BCUT2D eigenvalue weighted by molar-refractivity contribution is 5.95. The van der Waals surface area contributed by atoms with Gasteiger partial charge >= 0.3 is 0 Å². The van der Waals surface area contributed by atoms with Crippen molar-refractivity contribution in [3.05, 3.63) is 65.2 Å². The highest BCUT2D eigenvalue weighted by Crippen LogP contribution is 2.22. The molecule has 134 valence electrons. The van der Waals surface area contributed by atoms with Crippen LogP contribution in [0.4, 0.5) is 5.69 Å². The lowest BCUT2D eigenvalue weighted by Gasteiger charge is -2.30. The molecule has 1 aliphatic rings. The average Bonchev–Trinajstić information content (AvgIpc) is 2.67. The van der Waals surface area contributed by atoms with E-state index >= 15 is 0 Å². The molecule has 3 rings (SSSR count). The summed E-state index contributed by atoms with van der Waals surface area (Å²) < 4.78 is 0. The summed E-state index contributed by atoms with van der Waals surface area (Å²) in [6.45, 7) is 3.13. The van der Waals surface area contributed by atoms with Gasteiger partial charge < -0.3 is 15.3 Å². The molecular formula is C21H23N3O2. The third-order valence-corrected chi connectivity index (χ3v) is 4.72. The average molecular weight is 349 g/mol. The number of hydrogen-bond acceptors (Lipinski definition) is 4. The molecule has 0 spiro atoms. The van der Waals surface area contributed by atoms with Crippen molar-refractivity contribution >= 4 is 11.6 Å². The Bertz CT molecular complexity index is 811. The quantitative estimate of drug-likeness (QED) is 0.888. The number of nitriles is 1. The SMILES string of the molecule is CC(Nc1cccc(C(=O)N2CCCC(O)C2)c1)c1ccc(C#N)cc1. The van der Waals surface area contributed by atoms with Crippen LogP contribution in [-0.2, 0) is 0 Å². The van der Waals surface area contributed by atoms with Gasteiger partial charge in [-0.25, -0.2) is 0 Å². The molecule has 5 nitrogen and oxygen atoms in total. The number of nitrogens with zero attached hydrogens (tertiary/aromatic N) is 2. The topological polar surface area (TPSA) is 76.4 Å². The van der Waals surface area contributed by atoms with E-state index in [2.05, 4.69) is 11.4 Å². The fraction of sp³-hybridized carbons (Fsp3) is 0.333. The molecule has 2 aromatic rings. The van der Waals surface area contributed by atoms with Crippen LogP contribution in [0.2, 0.25) is 0 Å². The van der Waals surface area contributed by atoms with Gasteiger partial charge in [0, 0.05) is 30.4 Å². The van der Waals surface area contributed by atoms with Crippen LogP contribution in [0.1, 0.15) is 47.3 Å². The smallest absolute Gasteiger partial charge is 0.254 e. The standard InChI is InChI=1S/C21H23N3O2/c1-15(17-9-7-16(13-22)8-10-17)23-19-5-2-4-18(12-19)21(26)24-11-3-6-20(25)14-24/h2,4-5,7-10,12,15,20,23,25H,3,6,11,14H2,1H3. The van der Waals surface area contributed by atoms with Crippen LogP contribution in [0.15, 0.2) is 48.5 Å². The number of anilines is 1. The molecule has 1 heterocycles. The van der Waals surface area contributed by atoms with Crippen molar-refractivity contribution in [1.82, 2.24) is 4.90 Å². The lowest BCUT2D eigenvalue weighted by atomic mass is 10.0. The van der Waals surface area contributed by atoms with Crippen LogP contribution in [0, 0.1) is 11.3 Å². The predicted molar refractivity (Wildman–Crippen MR) is 101 cm³/mol. The molecule has 0 aromatic heterocycles. The first-order chi connectivity index (χ1) is 12.6. The number of amides is 1. The molecule has 1 fully saturated rings. The molecule has 2 atom stereocenters. The monoisotopic (exact) mass is 349 g/mol. The Morgan fingerprint density at radius 2 is 2.08 bits per heavy atom. The highest BCUT2D eigenvalue weighted by atomic mass is 16.3. The molecule has 2 unspecified atom stereocenters. The van der Waals surface area contributed by atoms with E-state index < -0.39 is 6.10 Å². The summed E-state index contributed by atoms with van der Waals surface area (Å²) in [5.74, 6) is -0.0431. The lowest BCUT2D eigenvalue weighted by molar-refractivity contribution is 0.0474. The highest BCUT2D eigenvalue weighted by Gasteiger charge is 2.23. The van der Waals surface area contributed by atoms with Gasteiger partial charge in [0.1, 0.15) is 0 Å². The number of benzene rings is 2. The minimum absolute atomic E-state index is 0.0431. The maximum Gasteiger partial charge on any atom is 0.254 e. The van der Waals surface area contributed by atoms with Crippen LogP contribution >= 0.6 is 0 Å². The molecule has 0 aliphatic carbocycles.